The Hall–Kier alpha value is -3.90. The molecule has 0 saturated heterocycles. The SMILES string of the molecule is Cc1nn(-c2ccc([N+](=O)[O-])cc2)cc1C=NNC(=O)CNS(=O)(=O)c1ccccc1. The standard InChI is InChI=1S/C19H18N6O5S/c1-14-15(13-24(23-14)16-7-9-17(10-8-16)25(27)28)11-20-22-19(26)12-21-31(29,30)18-5-3-2-4-6-18/h2-11,13,21H,12H2,1H3,(H,22,26). The maximum atomic E-state index is 12.1. The van der Waals surface area contributed by atoms with E-state index >= 15 is 0 Å². The number of carbonyl (C=O) groups is 1. The summed E-state index contributed by atoms with van der Waals surface area (Å²) in [6.45, 7) is 1.26. The van der Waals surface area contributed by atoms with Crippen molar-refractivity contribution in [2.24, 2.45) is 5.10 Å². The van der Waals surface area contributed by atoms with Crippen LogP contribution < -0.4 is 10.1 Å². The smallest absolute Gasteiger partial charge is 0.269 e. The molecule has 0 bridgehead atoms. The molecule has 2 N–H and O–H groups in total. The first-order valence-corrected chi connectivity index (χ1v) is 10.4. The summed E-state index contributed by atoms with van der Waals surface area (Å²) in [5.74, 6) is -0.642. The number of benzene rings is 2. The average molecular weight is 442 g/mol. The number of sulfonamides is 1. The first kappa shape index (κ1) is 21.8. The number of amides is 1. The predicted octanol–water partition coefficient (Wildman–Crippen LogP) is 1.52. The molecular weight excluding hydrogens is 424 g/mol. The molecule has 0 fully saturated rings. The summed E-state index contributed by atoms with van der Waals surface area (Å²) in [6.07, 6.45) is 3.01. The molecule has 1 heterocycles. The number of carbonyl (C=O) groups excluding carboxylic acids is 1. The van der Waals surface area contributed by atoms with Crippen LogP contribution in [0.1, 0.15) is 11.3 Å². The highest BCUT2D eigenvalue weighted by Gasteiger charge is 2.14. The Morgan fingerprint density at radius 1 is 1.19 bits per heavy atom. The van der Waals surface area contributed by atoms with Crippen molar-refractivity contribution in [3.05, 3.63) is 82.2 Å². The third-order valence-corrected chi connectivity index (χ3v) is 5.55. The topological polar surface area (TPSA) is 149 Å². The van der Waals surface area contributed by atoms with Crippen LogP contribution in [0.15, 0.2) is 70.8 Å². The van der Waals surface area contributed by atoms with Crippen LogP contribution in [0.25, 0.3) is 5.69 Å². The molecule has 1 aromatic heterocycles. The zero-order chi connectivity index (χ0) is 22.4. The summed E-state index contributed by atoms with van der Waals surface area (Å²) >= 11 is 0. The molecule has 0 aliphatic rings. The fourth-order valence-electron chi connectivity index (χ4n) is 2.52. The van der Waals surface area contributed by atoms with Gasteiger partial charge in [0.1, 0.15) is 0 Å². The van der Waals surface area contributed by atoms with Crippen LogP contribution in [-0.4, -0.2) is 41.8 Å². The summed E-state index contributed by atoms with van der Waals surface area (Å²) < 4.78 is 27.9. The molecule has 12 heteroatoms. The predicted molar refractivity (Wildman–Crippen MR) is 112 cm³/mol. The number of nitro groups is 1. The van der Waals surface area contributed by atoms with Crippen molar-refractivity contribution in [3.8, 4) is 5.69 Å². The molecule has 0 spiro atoms. The first-order chi connectivity index (χ1) is 14.8. The highest BCUT2D eigenvalue weighted by Crippen LogP contribution is 2.16. The van der Waals surface area contributed by atoms with Crippen molar-refractivity contribution < 1.29 is 18.1 Å². The number of aryl methyl sites for hydroxylation is 1. The molecule has 0 atom stereocenters. The second-order valence-electron chi connectivity index (χ2n) is 6.32. The number of hydrogen-bond donors (Lipinski definition) is 2. The lowest BCUT2D eigenvalue weighted by Crippen LogP contribution is -2.34. The number of non-ortho nitro benzene ring substituents is 1. The third-order valence-electron chi connectivity index (χ3n) is 4.13. The van der Waals surface area contributed by atoms with Gasteiger partial charge in [-0.25, -0.2) is 23.2 Å². The molecule has 0 unspecified atom stereocenters. The van der Waals surface area contributed by atoms with Crippen molar-refractivity contribution in [3.63, 3.8) is 0 Å². The lowest BCUT2D eigenvalue weighted by molar-refractivity contribution is -0.384. The Morgan fingerprint density at radius 3 is 2.52 bits per heavy atom. The van der Waals surface area contributed by atoms with Gasteiger partial charge in [0, 0.05) is 23.9 Å². The van der Waals surface area contributed by atoms with Crippen molar-refractivity contribution in [2.75, 3.05) is 6.54 Å². The van der Waals surface area contributed by atoms with E-state index in [1.807, 2.05) is 0 Å². The summed E-state index contributed by atoms with van der Waals surface area (Å²) in [5, 5.41) is 18.9. The Morgan fingerprint density at radius 2 is 1.87 bits per heavy atom. The largest absolute Gasteiger partial charge is 0.272 e. The van der Waals surface area contributed by atoms with E-state index in [1.165, 1.54) is 35.2 Å². The minimum Gasteiger partial charge on any atom is -0.272 e. The number of nitrogens with one attached hydrogen (secondary N) is 2. The van der Waals surface area contributed by atoms with Crippen LogP contribution in [0.2, 0.25) is 0 Å². The van der Waals surface area contributed by atoms with E-state index in [9.17, 15) is 23.3 Å². The summed E-state index contributed by atoms with van der Waals surface area (Å²) in [5.41, 5.74) is 4.05. The molecule has 0 radical (unpaired) electrons. The second kappa shape index (κ2) is 9.28. The van der Waals surface area contributed by atoms with Crippen molar-refractivity contribution in [1.82, 2.24) is 19.9 Å². The number of hydrogen-bond acceptors (Lipinski definition) is 7. The van der Waals surface area contributed by atoms with Gasteiger partial charge in [-0.05, 0) is 31.2 Å². The van der Waals surface area contributed by atoms with Crippen LogP contribution in [0.4, 0.5) is 5.69 Å². The maximum absolute atomic E-state index is 12.1. The van der Waals surface area contributed by atoms with Crippen LogP contribution >= 0.6 is 0 Å². The maximum Gasteiger partial charge on any atom is 0.269 e. The minimum absolute atomic E-state index is 0.0278. The van der Waals surface area contributed by atoms with Crippen molar-refractivity contribution in [2.45, 2.75) is 11.8 Å². The van der Waals surface area contributed by atoms with Gasteiger partial charge in [-0.1, -0.05) is 18.2 Å². The van der Waals surface area contributed by atoms with Gasteiger partial charge in [0.05, 0.1) is 34.0 Å². The molecule has 0 saturated carbocycles. The normalized spacial score (nSPS) is 11.5. The summed E-state index contributed by atoms with van der Waals surface area (Å²) in [7, 11) is -3.79. The highest BCUT2D eigenvalue weighted by molar-refractivity contribution is 7.89. The van der Waals surface area contributed by atoms with Crippen LogP contribution in [0.3, 0.4) is 0 Å². The number of hydrazone groups is 1. The molecule has 0 aliphatic heterocycles. The van der Waals surface area contributed by atoms with Gasteiger partial charge in [0.15, 0.2) is 0 Å². The molecule has 2 aromatic carbocycles. The van der Waals surface area contributed by atoms with Gasteiger partial charge in [0.25, 0.3) is 11.6 Å². The Balaban J connectivity index is 1.58. The number of nitrogens with zero attached hydrogens (tertiary/aromatic N) is 4. The first-order valence-electron chi connectivity index (χ1n) is 8.94. The summed E-state index contributed by atoms with van der Waals surface area (Å²) in [6, 6.07) is 13.6. The third kappa shape index (κ3) is 5.58. The monoisotopic (exact) mass is 442 g/mol. The van der Waals surface area contributed by atoms with Crippen LogP contribution in [0, 0.1) is 17.0 Å². The highest BCUT2D eigenvalue weighted by atomic mass is 32.2. The molecular formula is C19H18N6O5S. The van der Waals surface area contributed by atoms with Crippen LogP contribution in [0.5, 0.6) is 0 Å². The second-order valence-corrected chi connectivity index (χ2v) is 8.09. The van der Waals surface area contributed by atoms with Gasteiger partial charge >= 0.3 is 0 Å². The molecule has 160 valence electrons. The average Bonchev–Trinajstić information content (AvgIpc) is 3.13. The molecule has 3 rings (SSSR count). The molecule has 11 nitrogen and oxygen atoms in total. The van der Waals surface area contributed by atoms with E-state index in [0.29, 0.717) is 16.9 Å². The zero-order valence-corrected chi connectivity index (χ0v) is 17.1. The van der Waals surface area contributed by atoms with E-state index in [-0.39, 0.29) is 10.6 Å². The number of rotatable bonds is 8. The zero-order valence-electron chi connectivity index (χ0n) is 16.3. The van der Waals surface area contributed by atoms with E-state index < -0.39 is 27.4 Å². The van der Waals surface area contributed by atoms with Gasteiger partial charge < -0.3 is 0 Å². The van der Waals surface area contributed by atoms with Gasteiger partial charge in [-0.3, -0.25) is 14.9 Å². The molecule has 31 heavy (non-hydrogen) atoms. The Kier molecular flexibility index (Phi) is 6.52. The van der Waals surface area contributed by atoms with Gasteiger partial charge in [-0.15, -0.1) is 0 Å². The molecule has 3 aromatic rings. The van der Waals surface area contributed by atoms with Crippen molar-refractivity contribution >= 4 is 27.8 Å². The van der Waals surface area contributed by atoms with Gasteiger partial charge in [-0.2, -0.15) is 10.2 Å². The quantitative estimate of drug-likeness (QED) is 0.307. The molecule has 0 aliphatic carbocycles. The van der Waals surface area contributed by atoms with Crippen LogP contribution in [-0.2, 0) is 14.8 Å². The number of aromatic nitrogens is 2. The Bertz CT molecular complexity index is 1220. The molecule has 1 amide bonds. The van der Waals surface area contributed by atoms with E-state index in [4.69, 9.17) is 0 Å². The van der Waals surface area contributed by atoms with E-state index in [1.54, 1.807) is 43.5 Å². The Labute approximate surface area is 177 Å². The fraction of sp³-hybridized carbons (Fsp3) is 0.105. The lowest BCUT2D eigenvalue weighted by atomic mass is 10.3. The fourth-order valence-corrected chi connectivity index (χ4v) is 3.52. The lowest BCUT2D eigenvalue weighted by Gasteiger charge is -2.05. The van der Waals surface area contributed by atoms with E-state index in [0.717, 1.165) is 0 Å². The minimum atomic E-state index is -3.79. The van der Waals surface area contributed by atoms with Gasteiger partial charge in [0.2, 0.25) is 10.0 Å². The van der Waals surface area contributed by atoms with Crippen molar-refractivity contribution in [1.29, 1.82) is 0 Å². The number of nitro benzene ring substituents is 1. The van der Waals surface area contributed by atoms with E-state index in [2.05, 4.69) is 20.3 Å². The summed E-state index contributed by atoms with van der Waals surface area (Å²) in [4.78, 5) is 22.2.